The van der Waals surface area contributed by atoms with Gasteiger partial charge in [-0.15, -0.1) is 0 Å². The standard InChI is InChI=1S/C18H19F2N3O2/c1-12(13-7-8-15(19)16(20)11-13)22-17(24)9-10-21-18(25)23-14-5-3-2-4-6-14/h2-8,11-12H,9-10H2,1H3,(H,22,24)(H2,21,23,25)/t12-/m1/s1. The van der Waals surface area contributed by atoms with E-state index in [0.29, 0.717) is 11.3 Å². The summed E-state index contributed by atoms with van der Waals surface area (Å²) < 4.78 is 26.1. The van der Waals surface area contributed by atoms with Gasteiger partial charge in [-0.3, -0.25) is 4.79 Å². The molecule has 25 heavy (non-hydrogen) atoms. The minimum absolute atomic E-state index is 0.0657. The van der Waals surface area contributed by atoms with Crippen LogP contribution in [0.3, 0.4) is 0 Å². The van der Waals surface area contributed by atoms with E-state index < -0.39 is 23.7 Å². The van der Waals surface area contributed by atoms with E-state index in [2.05, 4.69) is 16.0 Å². The van der Waals surface area contributed by atoms with Crippen LogP contribution < -0.4 is 16.0 Å². The summed E-state index contributed by atoms with van der Waals surface area (Å²) in [6, 6.07) is 11.5. The Morgan fingerprint density at radius 3 is 2.44 bits per heavy atom. The topological polar surface area (TPSA) is 70.2 Å². The third kappa shape index (κ3) is 5.87. The highest BCUT2D eigenvalue weighted by atomic mass is 19.2. The van der Waals surface area contributed by atoms with E-state index >= 15 is 0 Å². The largest absolute Gasteiger partial charge is 0.350 e. The van der Waals surface area contributed by atoms with E-state index in [-0.39, 0.29) is 18.9 Å². The van der Waals surface area contributed by atoms with Crippen molar-refractivity contribution >= 4 is 17.6 Å². The SMILES string of the molecule is C[C@@H](NC(=O)CCNC(=O)Nc1ccccc1)c1ccc(F)c(F)c1. The molecule has 0 heterocycles. The number of amides is 3. The highest BCUT2D eigenvalue weighted by molar-refractivity contribution is 5.89. The molecule has 2 rings (SSSR count). The van der Waals surface area contributed by atoms with E-state index in [1.165, 1.54) is 6.07 Å². The Balaban J connectivity index is 1.73. The lowest BCUT2D eigenvalue weighted by Gasteiger charge is -2.15. The third-order valence-corrected chi connectivity index (χ3v) is 3.49. The number of rotatable bonds is 6. The van der Waals surface area contributed by atoms with Crippen molar-refractivity contribution in [1.82, 2.24) is 10.6 Å². The molecule has 0 aliphatic carbocycles. The lowest BCUT2D eigenvalue weighted by Crippen LogP contribution is -2.34. The summed E-state index contributed by atoms with van der Waals surface area (Å²) in [6.45, 7) is 1.81. The van der Waals surface area contributed by atoms with Crippen molar-refractivity contribution in [1.29, 1.82) is 0 Å². The number of anilines is 1. The maximum atomic E-state index is 13.2. The van der Waals surface area contributed by atoms with E-state index in [4.69, 9.17) is 0 Å². The molecule has 7 heteroatoms. The number of carbonyl (C=O) groups is 2. The second kappa shape index (κ2) is 8.77. The molecule has 5 nitrogen and oxygen atoms in total. The average Bonchev–Trinajstić information content (AvgIpc) is 2.58. The van der Waals surface area contributed by atoms with Crippen LogP contribution in [0.4, 0.5) is 19.3 Å². The lowest BCUT2D eigenvalue weighted by molar-refractivity contribution is -0.121. The Hall–Kier alpha value is -2.96. The van der Waals surface area contributed by atoms with Crippen LogP contribution in [0.1, 0.15) is 24.9 Å². The highest BCUT2D eigenvalue weighted by Gasteiger charge is 2.12. The van der Waals surface area contributed by atoms with Gasteiger partial charge in [0.1, 0.15) is 0 Å². The van der Waals surface area contributed by atoms with Gasteiger partial charge in [0.15, 0.2) is 11.6 Å². The van der Waals surface area contributed by atoms with Crippen molar-refractivity contribution in [2.24, 2.45) is 0 Å². The second-order valence-corrected chi connectivity index (χ2v) is 5.46. The summed E-state index contributed by atoms with van der Waals surface area (Å²) in [7, 11) is 0. The number of benzene rings is 2. The molecule has 0 saturated heterocycles. The molecule has 0 radical (unpaired) electrons. The summed E-state index contributed by atoms with van der Waals surface area (Å²) in [5.74, 6) is -2.20. The molecule has 0 aliphatic heterocycles. The zero-order chi connectivity index (χ0) is 18.2. The monoisotopic (exact) mass is 347 g/mol. The van der Waals surface area contributed by atoms with Crippen LogP contribution in [0.25, 0.3) is 0 Å². The first-order chi connectivity index (χ1) is 12.0. The molecule has 0 bridgehead atoms. The fraction of sp³-hybridized carbons (Fsp3) is 0.222. The number of carbonyl (C=O) groups excluding carboxylic acids is 2. The fourth-order valence-corrected chi connectivity index (χ4v) is 2.17. The zero-order valence-electron chi connectivity index (χ0n) is 13.7. The van der Waals surface area contributed by atoms with Gasteiger partial charge in [-0.2, -0.15) is 0 Å². The molecular weight excluding hydrogens is 328 g/mol. The molecule has 2 aromatic carbocycles. The fourth-order valence-electron chi connectivity index (χ4n) is 2.17. The van der Waals surface area contributed by atoms with Gasteiger partial charge in [0.25, 0.3) is 0 Å². The van der Waals surface area contributed by atoms with Crippen LogP contribution in [0.2, 0.25) is 0 Å². The molecule has 3 N–H and O–H groups in total. The van der Waals surface area contributed by atoms with E-state index in [0.717, 1.165) is 12.1 Å². The van der Waals surface area contributed by atoms with Crippen LogP contribution in [0, 0.1) is 11.6 Å². The quantitative estimate of drug-likeness (QED) is 0.750. The summed E-state index contributed by atoms with van der Waals surface area (Å²) in [4.78, 5) is 23.5. The molecule has 3 amide bonds. The van der Waals surface area contributed by atoms with Crippen molar-refractivity contribution < 1.29 is 18.4 Å². The molecule has 0 spiro atoms. The molecule has 0 fully saturated rings. The minimum atomic E-state index is -0.960. The first-order valence-corrected chi connectivity index (χ1v) is 7.80. The van der Waals surface area contributed by atoms with Gasteiger partial charge < -0.3 is 16.0 Å². The maximum Gasteiger partial charge on any atom is 0.319 e. The first kappa shape index (κ1) is 18.4. The van der Waals surface area contributed by atoms with Crippen molar-refractivity contribution in [3.63, 3.8) is 0 Å². The van der Waals surface area contributed by atoms with Crippen molar-refractivity contribution in [3.05, 3.63) is 65.7 Å². The van der Waals surface area contributed by atoms with Gasteiger partial charge >= 0.3 is 6.03 Å². The summed E-state index contributed by atoms with van der Waals surface area (Å²) in [5.41, 5.74) is 1.11. The van der Waals surface area contributed by atoms with E-state index in [1.807, 2.05) is 6.07 Å². The molecule has 2 aromatic rings. The van der Waals surface area contributed by atoms with Gasteiger partial charge in [-0.25, -0.2) is 13.6 Å². The van der Waals surface area contributed by atoms with E-state index in [1.54, 1.807) is 31.2 Å². The van der Waals surface area contributed by atoms with E-state index in [9.17, 15) is 18.4 Å². The molecule has 0 aliphatic rings. The van der Waals surface area contributed by atoms with Crippen LogP contribution in [0.5, 0.6) is 0 Å². The Bertz CT molecular complexity index is 738. The first-order valence-electron chi connectivity index (χ1n) is 7.80. The van der Waals surface area contributed by atoms with Gasteiger partial charge in [0.05, 0.1) is 6.04 Å². The van der Waals surface area contributed by atoms with Gasteiger partial charge in [0, 0.05) is 18.7 Å². The lowest BCUT2D eigenvalue weighted by atomic mass is 10.1. The molecular formula is C18H19F2N3O2. The highest BCUT2D eigenvalue weighted by Crippen LogP contribution is 2.15. The predicted molar refractivity (Wildman–Crippen MR) is 91.0 cm³/mol. The Kier molecular flexibility index (Phi) is 6.45. The number of hydrogen-bond acceptors (Lipinski definition) is 2. The predicted octanol–water partition coefficient (Wildman–Crippen LogP) is 3.35. The minimum Gasteiger partial charge on any atom is -0.350 e. The second-order valence-electron chi connectivity index (χ2n) is 5.46. The maximum absolute atomic E-state index is 13.2. The molecule has 0 unspecified atom stereocenters. The number of hydrogen-bond donors (Lipinski definition) is 3. The van der Waals surface area contributed by atoms with Crippen molar-refractivity contribution in [2.75, 3.05) is 11.9 Å². The smallest absolute Gasteiger partial charge is 0.319 e. The zero-order valence-corrected chi connectivity index (χ0v) is 13.7. The Labute approximate surface area is 144 Å². The van der Waals surface area contributed by atoms with Crippen LogP contribution in [-0.2, 0) is 4.79 Å². The third-order valence-electron chi connectivity index (χ3n) is 3.49. The molecule has 0 saturated carbocycles. The van der Waals surface area contributed by atoms with Crippen molar-refractivity contribution in [3.8, 4) is 0 Å². The summed E-state index contributed by atoms with van der Waals surface area (Å²) >= 11 is 0. The van der Waals surface area contributed by atoms with Gasteiger partial charge in [0.2, 0.25) is 5.91 Å². The number of para-hydroxylation sites is 1. The van der Waals surface area contributed by atoms with Gasteiger partial charge in [-0.05, 0) is 36.8 Å². The number of halogens is 2. The van der Waals surface area contributed by atoms with Crippen LogP contribution in [0.15, 0.2) is 48.5 Å². The number of urea groups is 1. The average molecular weight is 347 g/mol. The van der Waals surface area contributed by atoms with Gasteiger partial charge in [-0.1, -0.05) is 24.3 Å². The molecule has 1 atom stereocenters. The Morgan fingerprint density at radius 1 is 1.04 bits per heavy atom. The van der Waals surface area contributed by atoms with Crippen LogP contribution in [-0.4, -0.2) is 18.5 Å². The summed E-state index contributed by atoms with van der Waals surface area (Å²) in [6.07, 6.45) is 0.0657. The number of nitrogens with one attached hydrogen (secondary N) is 3. The van der Waals surface area contributed by atoms with Crippen molar-refractivity contribution in [2.45, 2.75) is 19.4 Å². The molecule has 132 valence electrons. The van der Waals surface area contributed by atoms with Crippen LogP contribution >= 0.6 is 0 Å². The molecule has 0 aromatic heterocycles. The Morgan fingerprint density at radius 2 is 1.76 bits per heavy atom. The normalized spacial score (nSPS) is 11.5. The summed E-state index contributed by atoms with van der Waals surface area (Å²) in [5, 5.41) is 7.87.